The largest absolute Gasteiger partial charge is 0.495 e. The Morgan fingerprint density at radius 3 is 2.34 bits per heavy atom. The molecular weight excluding hydrogens is 410 g/mol. The second-order valence-corrected chi connectivity index (χ2v) is 7.90. The number of hydrogen-bond acceptors (Lipinski definition) is 5. The zero-order valence-electron chi connectivity index (χ0n) is 19.2. The lowest BCUT2D eigenvalue weighted by molar-refractivity contribution is -0.124. The van der Waals surface area contributed by atoms with Gasteiger partial charge in [0.25, 0.3) is 0 Å². The predicted molar refractivity (Wildman–Crippen MR) is 123 cm³/mol. The molecule has 32 heavy (non-hydrogen) atoms. The van der Waals surface area contributed by atoms with Crippen molar-refractivity contribution < 1.29 is 23.8 Å². The highest BCUT2D eigenvalue weighted by molar-refractivity contribution is 5.91. The monoisotopic (exact) mass is 441 g/mol. The molecule has 0 unspecified atom stereocenters. The van der Waals surface area contributed by atoms with Gasteiger partial charge in [-0.2, -0.15) is 0 Å². The smallest absolute Gasteiger partial charge is 0.322 e. The molecule has 0 aliphatic carbocycles. The Hall–Kier alpha value is -3.42. The molecule has 1 aliphatic heterocycles. The van der Waals surface area contributed by atoms with Crippen LogP contribution in [0.5, 0.6) is 17.2 Å². The molecule has 0 spiro atoms. The number of benzene rings is 2. The third kappa shape index (κ3) is 4.90. The molecule has 8 nitrogen and oxygen atoms in total. The van der Waals surface area contributed by atoms with Gasteiger partial charge in [0.05, 0.1) is 33.1 Å². The molecule has 0 fully saturated rings. The van der Waals surface area contributed by atoms with Gasteiger partial charge in [0.1, 0.15) is 5.75 Å². The second-order valence-electron chi connectivity index (χ2n) is 7.90. The van der Waals surface area contributed by atoms with Gasteiger partial charge in [-0.15, -0.1) is 0 Å². The number of carbonyl (C=O) groups is 2. The van der Waals surface area contributed by atoms with E-state index in [0.29, 0.717) is 42.4 Å². The summed E-state index contributed by atoms with van der Waals surface area (Å²) in [5.74, 6) is 1.58. The first-order valence-corrected chi connectivity index (χ1v) is 10.6. The van der Waals surface area contributed by atoms with Crippen molar-refractivity contribution in [1.29, 1.82) is 0 Å². The summed E-state index contributed by atoms with van der Waals surface area (Å²) in [6.45, 7) is 4.46. The highest BCUT2D eigenvalue weighted by Gasteiger charge is 2.33. The molecule has 0 bridgehead atoms. The average molecular weight is 442 g/mol. The Balaban J connectivity index is 1.94. The van der Waals surface area contributed by atoms with Crippen LogP contribution in [0.1, 0.15) is 31.0 Å². The van der Waals surface area contributed by atoms with Crippen LogP contribution in [0.25, 0.3) is 0 Å². The molecule has 1 aliphatic rings. The summed E-state index contributed by atoms with van der Waals surface area (Å²) >= 11 is 0. The van der Waals surface area contributed by atoms with Crippen molar-refractivity contribution in [3.8, 4) is 17.2 Å². The lowest BCUT2D eigenvalue weighted by Crippen LogP contribution is -2.47. The summed E-state index contributed by atoms with van der Waals surface area (Å²) in [6.07, 6.45) is 0.656. The van der Waals surface area contributed by atoms with E-state index >= 15 is 0 Å². The van der Waals surface area contributed by atoms with Gasteiger partial charge in [-0.05, 0) is 41.8 Å². The molecule has 3 rings (SSSR count). The second kappa shape index (κ2) is 10.3. The maximum atomic E-state index is 13.3. The summed E-state index contributed by atoms with van der Waals surface area (Å²) in [7, 11) is 4.74. The van der Waals surface area contributed by atoms with E-state index in [1.54, 1.807) is 38.4 Å². The lowest BCUT2D eigenvalue weighted by Gasteiger charge is -2.38. The number of hydrogen-bond donors (Lipinski definition) is 2. The maximum absolute atomic E-state index is 13.3. The van der Waals surface area contributed by atoms with Crippen molar-refractivity contribution in [3.05, 3.63) is 47.5 Å². The van der Waals surface area contributed by atoms with Gasteiger partial charge in [-0.1, -0.05) is 26.0 Å². The van der Waals surface area contributed by atoms with Crippen LogP contribution >= 0.6 is 0 Å². The average Bonchev–Trinajstić information content (AvgIpc) is 2.81. The van der Waals surface area contributed by atoms with Crippen LogP contribution in [-0.2, 0) is 11.2 Å². The molecule has 8 heteroatoms. The van der Waals surface area contributed by atoms with Crippen molar-refractivity contribution in [2.75, 3.05) is 39.7 Å². The summed E-state index contributed by atoms with van der Waals surface area (Å²) in [4.78, 5) is 27.3. The van der Waals surface area contributed by atoms with E-state index in [4.69, 9.17) is 14.2 Å². The quantitative estimate of drug-likeness (QED) is 0.685. The fourth-order valence-electron chi connectivity index (χ4n) is 3.83. The Labute approximate surface area is 188 Å². The van der Waals surface area contributed by atoms with Crippen molar-refractivity contribution in [1.82, 2.24) is 10.2 Å². The maximum Gasteiger partial charge on any atom is 0.322 e. The molecule has 0 saturated heterocycles. The van der Waals surface area contributed by atoms with Crippen molar-refractivity contribution in [2.24, 2.45) is 5.92 Å². The molecule has 2 aromatic carbocycles. The SMILES string of the molecule is COc1ccccc1NC(=O)N1CCc2cc(OC)c(OC)cc2[C@@H]1CNC(=O)C(C)C. The topological polar surface area (TPSA) is 89.1 Å². The molecule has 0 radical (unpaired) electrons. The Morgan fingerprint density at radius 1 is 1.03 bits per heavy atom. The fraction of sp³-hybridized carbons (Fsp3) is 0.417. The van der Waals surface area contributed by atoms with Crippen LogP contribution in [0.3, 0.4) is 0 Å². The van der Waals surface area contributed by atoms with Gasteiger partial charge in [-0.25, -0.2) is 4.79 Å². The first-order valence-electron chi connectivity index (χ1n) is 10.6. The molecular formula is C24H31N3O5. The van der Waals surface area contributed by atoms with Crippen LogP contribution in [0.4, 0.5) is 10.5 Å². The van der Waals surface area contributed by atoms with Crippen LogP contribution in [-0.4, -0.2) is 51.3 Å². The number of rotatable bonds is 7. The van der Waals surface area contributed by atoms with Crippen molar-refractivity contribution in [3.63, 3.8) is 0 Å². The van der Waals surface area contributed by atoms with Gasteiger partial charge in [0, 0.05) is 19.0 Å². The normalized spacial score (nSPS) is 15.1. The number of amides is 3. The van der Waals surface area contributed by atoms with Crippen LogP contribution < -0.4 is 24.8 Å². The molecule has 0 saturated carbocycles. The van der Waals surface area contributed by atoms with Crippen molar-refractivity contribution >= 4 is 17.6 Å². The standard InChI is InChI=1S/C24H31N3O5/c1-15(2)23(28)25-14-19-17-13-22(32-5)21(31-4)12-16(17)10-11-27(19)24(29)26-18-8-6-7-9-20(18)30-3/h6-9,12-13,15,19H,10-11,14H2,1-5H3,(H,25,28)(H,26,29)/t19-/m0/s1. The number of fused-ring (bicyclic) bond motifs is 1. The van der Waals surface area contributed by atoms with Gasteiger partial charge < -0.3 is 29.7 Å². The van der Waals surface area contributed by atoms with E-state index in [2.05, 4.69) is 10.6 Å². The third-order valence-electron chi connectivity index (χ3n) is 5.61. The zero-order valence-corrected chi connectivity index (χ0v) is 19.2. The fourth-order valence-corrected chi connectivity index (χ4v) is 3.83. The highest BCUT2D eigenvalue weighted by atomic mass is 16.5. The molecule has 3 amide bonds. The van der Waals surface area contributed by atoms with Gasteiger partial charge in [-0.3, -0.25) is 4.79 Å². The summed E-state index contributed by atoms with van der Waals surface area (Å²) in [5, 5.41) is 5.92. The summed E-state index contributed by atoms with van der Waals surface area (Å²) in [5.41, 5.74) is 2.57. The van der Waals surface area contributed by atoms with E-state index in [-0.39, 0.29) is 23.9 Å². The minimum Gasteiger partial charge on any atom is -0.495 e. The zero-order chi connectivity index (χ0) is 23.3. The number of ether oxygens (including phenoxy) is 3. The van der Waals surface area contributed by atoms with E-state index < -0.39 is 0 Å². The Kier molecular flexibility index (Phi) is 7.45. The number of nitrogens with zero attached hydrogens (tertiary/aromatic N) is 1. The molecule has 1 heterocycles. The van der Waals surface area contributed by atoms with Gasteiger partial charge in [0.2, 0.25) is 5.91 Å². The number of carbonyl (C=O) groups excluding carboxylic acids is 2. The Bertz CT molecular complexity index is 976. The first-order chi connectivity index (χ1) is 15.4. The molecule has 172 valence electrons. The van der Waals surface area contributed by atoms with E-state index in [9.17, 15) is 9.59 Å². The van der Waals surface area contributed by atoms with Crippen LogP contribution in [0.2, 0.25) is 0 Å². The van der Waals surface area contributed by atoms with Crippen LogP contribution in [0.15, 0.2) is 36.4 Å². The number of para-hydroxylation sites is 2. The third-order valence-corrected chi connectivity index (χ3v) is 5.61. The van der Waals surface area contributed by atoms with E-state index in [1.165, 1.54) is 0 Å². The first kappa shape index (κ1) is 23.2. The van der Waals surface area contributed by atoms with E-state index in [0.717, 1.165) is 11.1 Å². The minimum atomic E-state index is -0.365. The van der Waals surface area contributed by atoms with Gasteiger partial charge in [0.15, 0.2) is 11.5 Å². The number of anilines is 1. The predicted octanol–water partition coefficient (Wildman–Crippen LogP) is 3.62. The van der Waals surface area contributed by atoms with Gasteiger partial charge >= 0.3 is 6.03 Å². The minimum absolute atomic E-state index is 0.0670. The molecule has 0 aromatic heterocycles. The number of urea groups is 1. The van der Waals surface area contributed by atoms with E-state index in [1.807, 2.05) is 38.1 Å². The highest BCUT2D eigenvalue weighted by Crippen LogP contribution is 2.38. The molecule has 1 atom stereocenters. The Morgan fingerprint density at radius 2 is 1.69 bits per heavy atom. The molecule has 2 N–H and O–H groups in total. The molecule has 2 aromatic rings. The lowest BCUT2D eigenvalue weighted by atomic mass is 9.91. The van der Waals surface area contributed by atoms with Crippen LogP contribution in [0, 0.1) is 5.92 Å². The summed E-state index contributed by atoms with van der Waals surface area (Å²) < 4.78 is 16.3. The summed E-state index contributed by atoms with van der Waals surface area (Å²) in [6, 6.07) is 10.5. The van der Waals surface area contributed by atoms with Crippen molar-refractivity contribution in [2.45, 2.75) is 26.3 Å². The number of methoxy groups -OCH3 is 3. The number of nitrogens with one attached hydrogen (secondary N) is 2.